The first kappa shape index (κ1) is 68.0. The third-order valence-corrected chi connectivity index (χ3v) is 14.0. The van der Waals surface area contributed by atoms with Crippen molar-refractivity contribution in [2.24, 2.45) is 0 Å². The number of likely N-dealkylation sites (N-methyl/N-ethyl adjacent to an activating group) is 1. The Bertz CT molecular complexity index is 1320. The lowest BCUT2D eigenvalue weighted by Crippen LogP contribution is -2.37. The molecule has 10 heteroatoms. The van der Waals surface area contributed by atoms with Crippen molar-refractivity contribution in [1.82, 2.24) is 0 Å². The number of esters is 2. The van der Waals surface area contributed by atoms with E-state index in [0.29, 0.717) is 17.4 Å². The van der Waals surface area contributed by atoms with Crippen LogP contribution in [-0.4, -0.2) is 70.0 Å². The zero-order valence-corrected chi connectivity index (χ0v) is 47.4. The van der Waals surface area contributed by atoms with Crippen LogP contribution in [0.4, 0.5) is 0 Å². The third kappa shape index (κ3) is 55.3. The number of quaternary nitrogens is 1. The van der Waals surface area contributed by atoms with Gasteiger partial charge in [-0.2, -0.15) is 0 Å². The number of phosphoric ester groups is 1. The summed E-state index contributed by atoms with van der Waals surface area (Å²) < 4.78 is 33.8. The van der Waals surface area contributed by atoms with Gasteiger partial charge in [0.25, 0.3) is 7.82 Å². The van der Waals surface area contributed by atoms with Crippen molar-refractivity contribution in [2.75, 3.05) is 47.5 Å². The minimum Gasteiger partial charge on any atom is -0.756 e. The van der Waals surface area contributed by atoms with Gasteiger partial charge < -0.3 is 27.9 Å². The van der Waals surface area contributed by atoms with E-state index in [9.17, 15) is 19.0 Å². The standard InChI is InChI=1S/C60H112NO8P/c1-6-8-10-12-14-16-18-20-22-24-25-26-27-28-29-30-31-32-33-34-35-37-38-40-42-44-46-48-50-52-59(62)66-56-58(57-68-70(64,65)67-55-54-61(3,4)5)69-60(63)53-51-49-47-45-43-41-39-36-23-21-19-17-15-13-11-9-7-2/h39,41,43,45,47,49,51,53,58H,6-38,40,42,44,46,48,50,52,54-57H2,1-5H3/b41-39-,45-43-,49-47-,53-51+/t58-/m1/s1. The Morgan fingerprint density at radius 3 is 1.23 bits per heavy atom. The maximum Gasteiger partial charge on any atom is 0.331 e. The van der Waals surface area contributed by atoms with Gasteiger partial charge in [-0.05, 0) is 19.3 Å². The lowest BCUT2D eigenvalue weighted by molar-refractivity contribution is -0.870. The smallest absolute Gasteiger partial charge is 0.331 e. The molecule has 0 aliphatic heterocycles. The predicted octanol–water partition coefficient (Wildman–Crippen LogP) is 17.5. The summed E-state index contributed by atoms with van der Waals surface area (Å²) in [5.41, 5.74) is 0. The molecule has 2 atom stereocenters. The SMILES string of the molecule is CCCCCCCCCCC\C=C/C=C\C=C/C=C/C(=O)O[C@H](COC(=O)CCCCCCCCCCCCCCCCCCCCCCCCCCCCCCC)COP(=O)([O-])OCC[N+](C)(C)C. The molecule has 70 heavy (non-hydrogen) atoms. The molecule has 0 amide bonds. The van der Waals surface area contributed by atoms with Gasteiger partial charge in [0.1, 0.15) is 19.8 Å². The van der Waals surface area contributed by atoms with Gasteiger partial charge in [0.15, 0.2) is 6.10 Å². The Labute approximate surface area is 433 Å². The number of hydrogen-bond donors (Lipinski definition) is 0. The predicted molar refractivity (Wildman–Crippen MR) is 296 cm³/mol. The molecule has 0 heterocycles. The molecule has 0 rings (SSSR count). The topological polar surface area (TPSA) is 111 Å². The van der Waals surface area contributed by atoms with Gasteiger partial charge >= 0.3 is 11.9 Å². The number of unbranched alkanes of at least 4 members (excludes halogenated alkanes) is 37. The third-order valence-electron chi connectivity index (χ3n) is 13.0. The largest absolute Gasteiger partial charge is 0.756 e. The van der Waals surface area contributed by atoms with Crippen LogP contribution in [0.5, 0.6) is 0 Å². The first-order valence-electron chi connectivity index (χ1n) is 29.4. The summed E-state index contributed by atoms with van der Waals surface area (Å²) in [6, 6.07) is 0. The van der Waals surface area contributed by atoms with Crippen LogP contribution in [0.3, 0.4) is 0 Å². The molecule has 0 bridgehead atoms. The maximum absolute atomic E-state index is 12.6. The molecular weight excluding hydrogens is 894 g/mol. The molecule has 0 saturated heterocycles. The summed E-state index contributed by atoms with van der Waals surface area (Å²) in [6.07, 6.45) is 65.4. The summed E-state index contributed by atoms with van der Waals surface area (Å²) in [6.45, 7) is 4.10. The Kier molecular flexibility index (Phi) is 50.4. The molecular formula is C60H112NO8P. The molecule has 0 radical (unpaired) electrons. The van der Waals surface area contributed by atoms with Gasteiger partial charge in [-0.1, -0.05) is 288 Å². The molecule has 0 aromatic heterocycles. The number of carbonyl (C=O) groups excluding carboxylic acids is 2. The molecule has 0 fully saturated rings. The van der Waals surface area contributed by atoms with Gasteiger partial charge in [0.2, 0.25) is 0 Å². The average Bonchev–Trinajstić information content (AvgIpc) is 3.32. The van der Waals surface area contributed by atoms with Crippen LogP contribution in [0.2, 0.25) is 0 Å². The number of carbonyl (C=O) groups is 2. The van der Waals surface area contributed by atoms with Crippen LogP contribution < -0.4 is 4.89 Å². The average molecular weight is 1010 g/mol. The number of nitrogens with zero attached hydrogens (tertiary/aromatic N) is 1. The van der Waals surface area contributed by atoms with Gasteiger partial charge in [-0.15, -0.1) is 0 Å². The number of hydrogen-bond acceptors (Lipinski definition) is 8. The highest BCUT2D eigenvalue weighted by molar-refractivity contribution is 7.45. The molecule has 0 aliphatic rings. The second-order valence-electron chi connectivity index (χ2n) is 21.2. The highest BCUT2D eigenvalue weighted by atomic mass is 31.2. The maximum atomic E-state index is 12.6. The second kappa shape index (κ2) is 51.9. The fourth-order valence-electron chi connectivity index (χ4n) is 8.47. The van der Waals surface area contributed by atoms with E-state index < -0.39 is 32.5 Å². The van der Waals surface area contributed by atoms with Crippen molar-refractivity contribution < 1.29 is 42.1 Å². The fourth-order valence-corrected chi connectivity index (χ4v) is 9.20. The van der Waals surface area contributed by atoms with Crippen molar-refractivity contribution >= 4 is 19.8 Å². The van der Waals surface area contributed by atoms with Gasteiger partial charge in [0.05, 0.1) is 27.7 Å². The Balaban J connectivity index is 4.15. The second-order valence-corrected chi connectivity index (χ2v) is 22.6. The van der Waals surface area contributed by atoms with Crippen LogP contribution in [0.1, 0.15) is 271 Å². The van der Waals surface area contributed by atoms with Crippen LogP contribution in [0, 0.1) is 0 Å². The molecule has 9 nitrogen and oxygen atoms in total. The van der Waals surface area contributed by atoms with Crippen molar-refractivity contribution in [3.63, 3.8) is 0 Å². The Morgan fingerprint density at radius 2 is 0.829 bits per heavy atom. The number of allylic oxidation sites excluding steroid dienone is 7. The van der Waals surface area contributed by atoms with Gasteiger partial charge in [-0.25, -0.2) is 4.79 Å². The first-order valence-corrected chi connectivity index (χ1v) is 30.9. The monoisotopic (exact) mass is 1010 g/mol. The summed E-state index contributed by atoms with van der Waals surface area (Å²) in [5.74, 6) is -1.12. The molecule has 410 valence electrons. The zero-order valence-electron chi connectivity index (χ0n) is 46.5. The minimum absolute atomic E-state index is 0.0535. The fraction of sp³-hybridized carbons (Fsp3) is 0.833. The lowest BCUT2D eigenvalue weighted by Gasteiger charge is -2.28. The highest BCUT2D eigenvalue weighted by Crippen LogP contribution is 2.38. The minimum atomic E-state index is -4.67. The molecule has 0 aromatic carbocycles. The van der Waals surface area contributed by atoms with Crippen LogP contribution >= 0.6 is 7.82 Å². The lowest BCUT2D eigenvalue weighted by atomic mass is 10.0. The van der Waals surface area contributed by atoms with Crippen molar-refractivity contribution in [3.8, 4) is 0 Å². The normalized spacial score (nSPS) is 13.6. The molecule has 0 saturated carbocycles. The van der Waals surface area contributed by atoms with Crippen molar-refractivity contribution in [3.05, 3.63) is 48.6 Å². The van der Waals surface area contributed by atoms with Crippen LogP contribution in [0.25, 0.3) is 0 Å². The zero-order chi connectivity index (χ0) is 51.3. The van der Waals surface area contributed by atoms with E-state index >= 15 is 0 Å². The highest BCUT2D eigenvalue weighted by Gasteiger charge is 2.21. The molecule has 0 N–H and O–H groups in total. The van der Waals surface area contributed by atoms with E-state index in [1.807, 2.05) is 39.4 Å². The van der Waals surface area contributed by atoms with Crippen LogP contribution in [-0.2, 0) is 32.7 Å². The summed E-state index contributed by atoms with van der Waals surface area (Å²) in [5, 5.41) is 0. The van der Waals surface area contributed by atoms with Gasteiger partial charge in [0, 0.05) is 12.5 Å². The van der Waals surface area contributed by atoms with E-state index in [4.69, 9.17) is 18.5 Å². The summed E-state index contributed by atoms with van der Waals surface area (Å²) in [4.78, 5) is 37.6. The van der Waals surface area contributed by atoms with Crippen molar-refractivity contribution in [1.29, 1.82) is 0 Å². The summed E-state index contributed by atoms with van der Waals surface area (Å²) in [7, 11) is 1.10. The van der Waals surface area contributed by atoms with Crippen LogP contribution in [0.15, 0.2) is 48.6 Å². The van der Waals surface area contributed by atoms with E-state index in [-0.39, 0.29) is 19.6 Å². The van der Waals surface area contributed by atoms with E-state index in [1.165, 1.54) is 231 Å². The van der Waals surface area contributed by atoms with Gasteiger partial charge in [-0.3, -0.25) is 9.36 Å². The Morgan fingerprint density at radius 1 is 0.471 bits per heavy atom. The molecule has 1 unspecified atom stereocenters. The van der Waals surface area contributed by atoms with E-state index in [0.717, 1.165) is 19.3 Å². The molecule has 0 spiro atoms. The summed E-state index contributed by atoms with van der Waals surface area (Å²) >= 11 is 0. The van der Waals surface area contributed by atoms with E-state index in [2.05, 4.69) is 19.9 Å². The first-order chi connectivity index (χ1) is 34.0. The molecule has 0 aliphatic carbocycles. The van der Waals surface area contributed by atoms with Crippen molar-refractivity contribution in [2.45, 2.75) is 277 Å². The van der Waals surface area contributed by atoms with E-state index in [1.54, 1.807) is 18.2 Å². The Hall–Kier alpha value is -2.03. The quantitative estimate of drug-likeness (QED) is 0.0148. The number of phosphoric acid groups is 1. The number of rotatable bonds is 54. The number of ether oxygens (including phenoxy) is 2. The molecule has 0 aromatic rings.